The van der Waals surface area contributed by atoms with Crippen LogP contribution >= 0.6 is 27.3 Å². The third-order valence-electron chi connectivity index (χ3n) is 4.87. The van der Waals surface area contributed by atoms with Gasteiger partial charge in [-0.15, -0.1) is 11.3 Å². The highest BCUT2D eigenvalue weighted by atomic mass is 79.9. The first-order valence-corrected chi connectivity index (χ1v) is 10.7. The lowest BCUT2D eigenvalue weighted by molar-refractivity contribution is -0.140. The molecule has 3 aromatic rings. The van der Waals surface area contributed by atoms with Crippen molar-refractivity contribution in [1.29, 1.82) is 0 Å². The van der Waals surface area contributed by atoms with E-state index < -0.39 is 17.7 Å². The van der Waals surface area contributed by atoms with Gasteiger partial charge in [0.15, 0.2) is 0 Å². The highest BCUT2D eigenvalue weighted by Crippen LogP contribution is 2.41. The first-order valence-electron chi connectivity index (χ1n) is 9.06. The number of carbonyl (C=O) groups is 2. The smallest absolute Gasteiger partial charge is 0.295 e. The molecule has 6 nitrogen and oxygen atoms in total. The Morgan fingerprint density at radius 2 is 2.10 bits per heavy atom. The number of ether oxygens (including phenoxy) is 1. The molecule has 0 radical (unpaired) electrons. The molecule has 8 heteroatoms. The van der Waals surface area contributed by atoms with Gasteiger partial charge in [0.05, 0.1) is 29.7 Å². The number of hydrogen-bond acceptors (Lipinski definition) is 6. The average molecular weight is 485 g/mol. The van der Waals surface area contributed by atoms with Gasteiger partial charge in [-0.05, 0) is 57.2 Å². The summed E-state index contributed by atoms with van der Waals surface area (Å²) in [6.07, 6.45) is 3.23. The summed E-state index contributed by atoms with van der Waals surface area (Å²) >= 11 is 4.90. The van der Waals surface area contributed by atoms with E-state index in [4.69, 9.17) is 4.74 Å². The first kappa shape index (κ1) is 20.3. The molecule has 4 rings (SSSR count). The van der Waals surface area contributed by atoms with Gasteiger partial charge >= 0.3 is 0 Å². The highest BCUT2D eigenvalue weighted by molar-refractivity contribution is 9.10. The van der Waals surface area contributed by atoms with Crippen LogP contribution in [0.15, 0.2) is 70.3 Å². The van der Waals surface area contributed by atoms with Crippen molar-refractivity contribution in [2.45, 2.75) is 12.6 Å². The maximum absolute atomic E-state index is 13.0. The summed E-state index contributed by atoms with van der Waals surface area (Å²) in [6.45, 7) is 0.269. The number of amides is 1. The Bertz CT molecular complexity index is 1130. The average Bonchev–Trinajstić information content (AvgIpc) is 3.36. The zero-order chi connectivity index (χ0) is 21.3. The van der Waals surface area contributed by atoms with Crippen LogP contribution in [0.5, 0.6) is 5.75 Å². The summed E-state index contributed by atoms with van der Waals surface area (Å²) in [5.74, 6) is -1.01. The summed E-state index contributed by atoms with van der Waals surface area (Å²) in [5.41, 5.74) is 1.11. The number of benzene rings is 1. The molecule has 0 saturated carbocycles. The Balaban J connectivity index is 1.85. The van der Waals surface area contributed by atoms with Gasteiger partial charge in [0.25, 0.3) is 11.7 Å². The zero-order valence-corrected chi connectivity index (χ0v) is 18.3. The highest BCUT2D eigenvalue weighted by Gasteiger charge is 2.46. The van der Waals surface area contributed by atoms with Gasteiger partial charge < -0.3 is 14.7 Å². The van der Waals surface area contributed by atoms with E-state index in [0.717, 1.165) is 4.88 Å². The first-order chi connectivity index (χ1) is 14.5. The van der Waals surface area contributed by atoms with Gasteiger partial charge in [-0.3, -0.25) is 14.6 Å². The van der Waals surface area contributed by atoms with Crippen LogP contribution in [0.25, 0.3) is 5.76 Å². The lowest BCUT2D eigenvalue weighted by Crippen LogP contribution is -2.28. The van der Waals surface area contributed by atoms with Gasteiger partial charge in [-0.25, -0.2) is 0 Å². The van der Waals surface area contributed by atoms with E-state index in [9.17, 15) is 14.7 Å². The predicted octanol–water partition coefficient (Wildman–Crippen LogP) is 4.54. The van der Waals surface area contributed by atoms with Crippen molar-refractivity contribution in [3.63, 3.8) is 0 Å². The van der Waals surface area contributed by atoms with Crippen molar-refractivity contribution in [3.05, 3.63) is 86.3 Å². The molecule has 1 unspecified atom stereocenters. The van der Waals surface area contributed by atoms with E-state index in [1.807, 2.05) is 17.5 Å². The number of aliphatic hydroxyl groups is 1. The molecule has 1 amide bonds. The summed E-state index contributed by atoms with van der Waals surface area (Å²) in [4.78, 5) is 32.5. The third-order valence-corrected chi connectivity index (χ3v) is 6.35. The number of Topliss-reactive ketones (excluding diaryl/α,β-unsaturated/α-hetero) is 1. The molecule has 0 bridgehead atoms. The topological polar surface area (TPSA) is 79.7 Å². The van der Waals surface area contributed by atoms with Crippen LogP contribution in [0.4, 0.5) is 0 Å². The normalized spacial score (nSPS) is 18.1. The number of pyridine rings is 1. The second-order valence-corrected chi connectivity index (χ2v) is 8.53. The van der Waals surface area contributed by atoms with Crippen LogP contribution in [-0.2, 0) is 16.1 Å². The van der Waals surface area contributed by atoms with Gasteiger partial charge in [0.2, 0.25) is 0 Å². The van der Waals surface area contributed by atoms with Crippen LogP contribution in [0.3, 0.4) is 0 Å². The lowest BCUT2D eigenvalue weighted by atomic mass is 9.96. The van der Waals surface area contributed by atoms with Crippen molar-refractivity contribution < 1.29 is 19.4 Å². The number of hydrogen-bond donors (Lipinski definition) is 1. The maximum atomic E-state index is 13.0. The largest absolute Gasteiger partial charge is 0.507 e. The molecule has 2 aromatic heterocycles. The minimum Gasteiger partial charge on any atom is -0.507 e. The standard InChI is InChI=1S/C22H17BrN2O4S/c1-29-17-7-6-13(10-16(17)23)20(26)18-19(14-4-2-8-24-11-14)25(22(28)21(18)27)12-15-5-3-9-30-15/h2-11,19,26H,12H2,1H3/b20-18-. The lowest BCUT2D eigenvalue weighted by Gasteiger charge is -2.24. The van der Waals surface area contributed by atoms with Crippen LogP contribution in [0, 0.1) is 0 Å². The second kappa shape index (κ2) is 8.41. The zero-order valence-electron chi connectivity index (χ0n) is 15.9. The Morgan fingerprint density at radius 3 is 2.73 bits per heavy atom. The Kier molecular flexibility index (Phi) is 5.69. The SMILES string of the molecule is COc1ccc(/C(O)=C2/C(=O)C(=O)N(Cc3cccs3)C2c2cccnc2)cc1Br. The second-order valence-electron chi connectivity index (χ2n) is 6.64. The van der Waals surface area contributed by atoms with Gasteiger partial charge in [0, 0.05) is 22.8 Å². The monoisotopic (exact) mass is 484 g/mol. The van der Waals surface area contributed by atoms with E-state index in [0.29, 0.717) is 21.3 Å². The molecule has 30 heavy (non-hydrogen) atoms. The minimum absolute atomic E-state index is 0.0432. The number of aliphatic hydroxyl groups excluding tert-OH is 1. The van der Waals surface area contributed by atoms with Crippen molar-refractivity contribution >= 4 is 44.7 Å². The van der Waals surface area contributed by atoms with Gasteiger partial charge in [0.1, 0.15) is 11.5 Å². The molecule has 1 aliphatic heterocycles. The van der Waals surface area contributed by atoms with E-state index in [-0.39, 0.29) is 17.9 Å². The quantitative estimate of drug-likeness (QED) is 0.326. The van der Waals surface area contributed by atoms with Crippen LogP contribution in [-0.4, -0.2) is 33.8 Å². The number of halogens is 1. The maximum Gasteiger partial charge on any atom is 0.295 e. The summed E-state index contributed by atoms with van der Waals surface area (Å²) < 4.78 is 5.85. The number of likely N-dealkylation sites (tertiary alicyclic amines) is 1. The van der Waals surface area contributed by atoms with E-state index in [1.54, 1.807) is 42.7 Å². The summed E-state index contributed by atoms with van der Waals surface area (Å²) in [6, 6.07) is 11.6. The number of methoxy groups -OCH3 is 1. The van der Waals surface area contributed by atoms with Crippen LogP contribution < -0.4 is 4.74 Å². The number of ketones is 1. The molecule has 1 saturated heterocycles. The van der Waals surface area contributed by atoms with Crippen LogP contribution in [0.2, 0.25) is 0 Å². The molecule has 1 aromatic carbocycles. The van der Waals surface area contributed by atoms with E-state index in [1.165, 1.54) is 23.3 Å². The number of aromatic nitrogens is 1. The molecular formula is C22H17BrN2O4S. The molecule has 1 N–H and O–H groups in total. The van der Waals surface area contributed by atoms with Crippen LogP contribution in [0.1, 0.15) is 22.0 Å². The number of carbonyl (C=O) groups excluding carboxylic acids is 2. The molecule has 152 valence electrons. The molecule has 1 aliphatic rings. The molecule has 3 heterocycles. The van der Waals surface area contributed by atoms with Crippen molar-refractivity contribution in [2.75, 3.05) is 7.11 Å². The van der Waals surface area contributed by atoms with Crippen molar-refractivity contribution in [1.82, 2.24) is 9.88 Å². The third kappa shape index (κ3) is 3.64. The summed E-state index contributed by atoms with van der Waals surface area (Å²) in [7, 11) is 1.54. The Morgan fingerprint density at radius 1 is 1.27 bits per heavy atom. The van der Waals surface area contributed by atoms with E-state index in [2.05, 4.69) is 20.9 Å². The number of rotatable bonds is 5. The Hall–Kier alpha value is -2.97. The molecule has 0 spiro atoms. The van der Waals surface area contributed by atoms with Crippen molar-refractivity contribution in [3.8, 4) is 5.75 Å². The molecular weight excluding hydrogens is 468 g/mol. The fourth-order valence-electron chi connectivity index (χ4n) is 3.47. The fourth-order valence-corrected chi connectivity index (χ4v) is 4.71. The number of nitrogens with zero attached hydrogens (tertiary/aromatic N) is 2. The number of thiophene rings is 1. The fraction of sp³-hybridized carbons (Fsp3) is 0.136. The molecule has 1 atom stereocenters. The Labute approximate surface area is 185 Å². The van der Waals surface area contributed by atoms with Gasteiger partial charge in [-0.1, -0.05) is 12.1 Å². The van der Waals surface area contributed by atoms with Crippen molar-refractivity contribution in [2.24, 2.45) is 0 Å². The molecule has 0 aliphatic carbocycles. The summed E-state index contributed by atoms with van der Waals surface area (Å²) in [5, 5.41) is 13.0. The van der Waals surface area contributed by atoms with E-state index >= 15 is 0 Å². The molecule has 1 fully saturated rings. The predicted molar refractivity (Wildman–Crippen MR) is 117 cm³/mol. The minimum atomic E-state index is -0.735. The van der Waals surface area contributed by atoms with Gasteiger partial charge in [-0.2, -0.15) is 0 Å².